The Morgan fingerprint density at radius 2 is 1.94 bits per heavy atom. The molecule has 0 bridgehead atoms. The van der Waals surface area contributed by atoms with E-state index in [2.05, 4.69) is 4.98 Å². The molecular formula is C14H14ClNO. The number of aryl methyl sites for hydroxylation is 1. The van der Waals surface area contributed by atoms with E-state index in [1.807, 2.05) is 37.3 Å². The van der Waals surface area contributed by atoms with Crippen LogP contribution in [-0.2, 0) is 6.42 Å². The predicted molar refractivity (Wildman–Crippen MR) is 69.1 cm³/mol. The standard InChI is InChI=1S/C14H14ClNO/c1-10-9-16-7-6-13(10)14(17)8-11-2-4-12(15)5-3-11/h2-7,9,14,17H,8H2,1H3. The SMILES string of the molecule is Cc1cnccc1C(O)Cc1ccc(Cl)cc1. The fourth-order valence-electron chi connectivity index (χ4n) is 1.81. The first kappa shape index (κ1) is 12.1. The highest BCUT2D eigenvalue weighted by molar-refractivity contribution is 6.30. The Bertz CT molecular complexity index is 496. The van der Waals surface area contributed by atoms with Crippen molar-refractivity contribution in [3.8, 4) is 0 Å². The van der Waals surface area contributed by atoms with Gasteiger partial charge in [0, 0.05) is 23.8 Å². The molecule has 0 fully saturated rings. The van der Waals surface area contributed by atoms with Crippen molar-refractivity contribution >= 4 is 11.6 Å². The molecule has 2 rings (SSSR count). The van der Waals surface area contributed by atoms with Gasteiger partial charge in [0.1, 0.15) is 0 Å². The number of nitrogens with zero attached hydrogens (tertiary/aromatic N) is 1. The Balaban J connectivity index is 2.14. The number of halogens is 1. The van der Waals surface area contributed by atoms with E-state index >= 15 is 0 Å². The molecule has 88 valence electrons. The van der Waals surface area contributed by atoms with Gasteiger partial charge in [0.2, 0.25) is 0 Å². The quantitative estimate of drug-likeness (QED) is 0.903. The van der Waals surface area contributed by atoms with Gasteiger partial charge in [0.05, 0.1) is 6.10 Å². The number of hydrogen-bond donors (Lipinski definition) is 1. The van der Waals surface area contributed by atoms with E-state index in [4.69, 9.17) is 11.6 Å². The molecule has 0 aliphatic heterocycles. The van der Waals surface area contributed by atoms with Crippen LogP contribution in [0.2, 0.25) is 5.02 Å². The molecule has 0 amide bonds. The molecule has 1 unspecified atom stereocenters. The Morgan fingerprint density at radius 1 is 1.24 bits per heavy atom. The Hall–Kier alpha value is -1.38. The van der Waals surface area contributed by atoms with Crippen LogP contribution in [0, 0.1) is 6.92 Å². The second-order valence-corrected chi connectivity index (χ2v) is 4.52. The summed E-state index contributed by atoms with van der Waals surface area (Å²) in [5, 5.41) is 10.9. The highest BCUT2D eigenvalue weighted by Crippen LogP contribution is 2.21. The van der Waals surface area contributed by atoms with E-state index in [0.29, 0.717) is 11.4 Å². The van der Waals surface area contributed by atoms with Crippen molar-refractivity contribution in [2.45, 2.75) is 19.4 Å². The van der Waals surface area contributed by atoms with Crippen LogP contribution in [0.15, 0.2) is 42.7 Å². The average molecular weight is 248 g/mol. The van der Waals surface area contributed by atoms with Crippen LogP contribution in [0.1, 0.15) is 22.8 Å². The third-order valence-electron chi connectivity index (χ3n) is 2.76. The zero-order valence-corrected chi connectivity index (χ0v) is 10.4. The summed E-state index contributed by atoms with van der Waals surface area (Å²) in [6.07, 6.45) is 3.55. The molecule has 1 aromatic carbocycles. The van der Waals surface area contributed by atoms with E-state index in [-0.39, 0.29) is 0 Å². The molecule has 0 saturated heterocycles. The van der Waals surface area contributed by atoms with Crippen LogP contribution in [-0.4, -0.2) is 10.1 Å². The summed E-state index contributed by atoms with van der Waals surface area (Å²) in [5.41, 5.74) is 3.00. The molecule has 0 aliphatic carbocycles. The lowest BCUT2D eigenvalue weighted by Crippen LogP contribution is -2.04. The van der Waals surface area contributed by atoms with Crippen molar-refractivity contribution in [1.29, 1.82) is 0 Å². The zero-order valence-electron chi connectivity index (χ0n) is 9.60. The first-order valence-electron chi connectivity index (χ1n) is 5.50. The van der Waals surface area contributed by atoms with Gasteiger partial charge in [-0.25, -0.2) is 0 Å². The summed E-state index contributed by atoms with van der Waals surface area (Å²) in [7, 11) is 0. The number of pyridine rings is 1. The number of hydrogen-bond acceptors (Lipinski definition) is 2. The molecule has 3 heteroatoms. The third kappa shape index (κ3) is 3.05. The van der Waals surface area contributed by atoms with E-state index in [9.17, 15) is 5.11 Å². The fourth-order valence-corrected chi connectivity index (χ4v) is 1.94. The smallest absolute Gasteiger partial charge is 0.0834 e. The number of aromatic nitrogens is 1. The van der Waals surface area contributed by atoms with Gasteiger partial charge in [-0.05, 0) is 41.8 Å². The van der Waals surface area contributed by atoms with Gasteiger partial charge >= 0.3 is 0 Å². The van der Waals surface area contributed by atoms with Crippen LogP contribution in [0.5, 0.6) is 0 Å². The second-order valence-electron chi connectivity index (χ2n) is 4.08. The van der Waals surface area contributed by atoms with Crippen LogP contribution in [0.3, 0.4) is 0 Å². The maximum atomic E-state index is 10.2. The molecular weight excluding hydrogens is 234 g/mol. The fraction of sp³-hybridized carbons (Fsp3) is 0.214. The minimum Gasteiger partial charge on any atom is -0.388 e. The molecule has 1 heterocycles. The van der Waals surface area contributed by atoms with E-state index < -0.39 is 6.10 Å². The van der Waals surface area contributed by atoms with Crippen molar-refractivity contribution in [1.82, 2.24) is 4.98 Å². The highest BCUT2D eigenvalue weighted by Gasteiger charge is 2.10. The number of aliphatic hydroxyl groups is 1. The van der Waals surface area contributed by atoms with E-state index in [1.54, 1.807) is 12.4 Å². The maximum absolute atomic E-state index is 10.2. The van der Waals surface area contributed by atoms with Crippen molar-refractivity contribution in [2.75, 3.05) is 0 Å². The largest absolute Gasteiger partial charge is 0.388 e. The van der Waals surface area contributed by atoms with Gasteiger partial charge in [0.15, 0.2) is 0 Å². The summed E-state index contributed by atoms with van der Waals surface area (Å²) < 4.78 is 0. The number of rotatable bonds is 3. The lowest BCUT2D eigenvalue weighted by Gasteiger charge is -2.13. The molecule has 0 aliphatic rings. The third-order valence-corrected chi connectivity index (χ3v) is 3.02. The molecule has 1 N–H and O–H groups in total. The summed E-state index contributed by atoms with van der Waals surface area (Å²) in [5.74, 6) is 0. The van der Waals surface area contributed by atoms with Gasteiger partial charge in [-0.1, -0.05) is 23.7 Å². The summed E-state index contributed by atoms with van der Waals surface area (Å²) in [6, 6.07) is 9.39. The molecule has 0 radical (unpaired) electrons. The van der Waals surface area contributed by atoms with E-state index in [1.165, 1.54) is 0 Å². The molecule has 17 heavy (non-hydrogen) atoms. The van der Waals surface area contributed by atoms with Gasteiger partial charge < -0.3 is 5.11 Å². The molecule has 1 atom stereocenters. The summed E-state index contributed by atoms with van der Waals surface area (Å²) in [6.45, 7) is 1.95. The Morgan fingerprint density at radius 3 is 2.59 bits per heavy atom. The minimum atomic E-state index is -0.501. The minimum absolute atomic E-state index is 0.501. The first-order valence-corrected chi connectivity index (χ1v) is 5.87. The van der Waals surface area contributed by atoms with Crippen molar-refractivity contribution < 1.29 is 5.11 Å². The van der Waals surface area contributed by atoms with Crippen molar-refractivity contribution in [3.63, 3.8) is 0 Å². The molecule has 2 aromatic rings. The van der Waals surface area contributed by atoms with Crippen LogP contribution in [0.25, 0.3) is 0 Å². The predicted octanol–water partition coefficient (Wildman–Crippen LogP) is 3.32. The molecule has 0 saturated carbocycles. The molecule has 1 aromatic heterocycles. The van der Waals surface area contributed by atoms with Crippen LogP contribution < -0.4 is 0 Å². The Kier molecular flexibility index (Phi) is 3.77. The topological polar surface area (TPSA) is 33.1 Å². The van der Waals surface area contributed by atoms with Crippen molar-refractivity contribution in [3.05, 3.63) is 64.4 Å². The summed E-state index contributed by atoms with van der Waals surface area (Å²) in [4.78, 5) is 4.02. The zero-order chi connectivity index (χ0) is 12.3. The number of benzene rings is 1. The molecule has 2 nitrogen and oxygen atoms in total. The monoisotopic (exact) mass is 247 g/mol. The van der Waals surface area contributed by atoms with Gasteiger partial charge in [-0.15, -0.1) is 0 Å². The second kappa shape index (κ2) is 5.30. The lowest BCUT2D eigenvalue weighted by molar-refractivity contribution is 0.177. The maximum Gasteiger partial charge on any atom is 0.0834 e. The van der Waals surface area contributed by atoms with Crippen LogP contribution in [0.4, 0.5) is 0 Å². The first-order chi connectivity index (χ1) is 8.16. The van der Waals surface area contributed by atoms with Crippen molar-refractivity contribution in [2.24, 2.45) is 0 Å². The lowest BCUT2D eigenvalue weighted by atomic mass is 9.99. The summed E-state index contributed by atoms with van der Waals surface area (Å²) >= 11 is 5.82. The van der Waals surface area contributed by atoms with Gasteiger partial charge in [-0.3, -0.25) is 4.98 Å². The van der Waals surface area contributed by atoms with E-state index in [0.717, 1.165) is 16.7 Å². The molecule has 0 spiro atoms. The number of aliphatic hydroxyl groups excluding tert-OH is 1. The van der Waals surface area contributed by atoms with Gasteiger partial charge in [0.25, 0.3) is 0 Å². The normalized spacial score (nSPS) is 12.4. The highest BCUT2D eigenvalue weighted by atomic mass is 35.5. The average Bonchev–Trinajstić information content (AvgIpc) is 2.32. The van der Waals surface area contributed by atoms with Crippen LogP contribution >= 0.6 is 11.6 Å². The Labute approximate surface area is 106 Å². The van der Waals surface area contributed by atoms with Gasteiger partial charge in [-0.2, -0.15) is 0 Å².